The lowest BCUT2D eigenvalue weighted by Gasteiger charge is -2.00. The van der Waals surface area contributed by atoms with Gasteiger partial charge >= 0.3 is 0 Å². The van der Waals surface area contributed by atoms with Gasteiger partial charge in [0.15, 0.2) is 0 Å². The van der Waals surface area contributed by atoms with Gasteiger partial charge in [0.1, 0.15) is 5.76 Å². The summed E-state index contributed by atoms with van der Waals surface area (Å²) in [6.45, 7) is 7.67. The molecule has 66 valence electrons. The molecule has 1 rings (SSSR count). The van der Waals surface area contributed by atoms with Crippen LogP contribution in [-0.2, 0) is 6.54 Å². The first-order valence-corrected chi connectivity index (χ1v) is 4.28. The van der Waals surface area contributed by atoms with Gasteiger partial charge in [-0.1, -0.05) is 19.6 Å². The van der Waals surface area contributed by atoms with Crippen molar-refractivity contribution in [2.75, 3.05) is 6.54 Å². The van der Waals surface area contributed by atoms with Gasteiger partial charge in [-0.2, -0.15) is 0 Å². The first-order valence-electron chi connectivity index (χ1n) is 4.28. The molecule has 0 atom stereocenters. The monoisotopic (exact) mass is 165 g/mol. The lowest BCUT2D eigenvalue weighted by atomic mass is 10.2. The van der Waals surface area contributed by atoms with Crippen LogP contribution in [0, 0.1) is 0 Å². The average Bonchev–Trinajstić information content (AvgIpc) is 2.52. The van der Waals surface area contributed by atoms with E-state index in [0.29, 0.717) is 0 Å². The standard InChI is InChI=1S/C10H15NO/c1-3-6-11-8-10-9(4-2)5-7-12-10/h4-5,7,11H,2-3,6,8H2,1H3. The number of nitrogens with one attached hydrogen (secondary N) is 1. The number of furan rings is 1. The molecule has 0 spiro atoms. The van der Waals surface area contributed by atoms with Crippen molar-refractivity contribution in [1.29, 1.82) is 0 Å². The third-order valence-corrected chi connectivity index (χ3v) is 1.71. The fourth-order valence-corrected chi connectivity index (χ4v) is 1.05. The molecule has 0 aliphatic carbocycles. The Morgan fingerprint density at radius 2 is 2.50 bits per heavy atom. The Bertz CT molecular complexity index is 240. The van der Waals surface area contributed by atoms with Crippen molar-refractivity contribution >= 4 is 6.08 Å². The van der Waals surface area contributed by atoms with Crippen molar-refractivity contribution in [2.24, 2.45) is 0 Å². The molecular formula is C10H15NO. The molecule has 0 saturated heterocycles. The summed E-state index contributed by atoms with van der Waals surface area (Å²) in [6, 6.07) is 1.93. The Labute approximate surface area is 73.3 Å². The maximum Gasteiger partial charge on any atom is 0.124 e. The number of rotatable bonds is 5. The van der Waals surface area contributed by atoms with Crippen LogP contribution in [0.4, 0.5) is 0 Å². The summed E-state index contributed by atoms with van der Waals surface area (Å²) in [5, 5.41) is 3.27. The van der Waals surface area contributed by atoms with Crippen molar-refractivity contribution in [3.05, 3.63) is 30.2 Å². The minimum Gasteiger partial charge on any atom is -0.467 e. The predicted octanol–water partition coefficient (Wildman–Crippen LogP) is 2.42. The molecule has 0 aliphatic heterocycles. The predicted molar refractivity (Wildman–Crippen MR) is 50.8 cm³/mol. The topological polar surface area (TPSA) is 25.2 Å². The van der Waals surface area contributed by atoms with Crippen molar-refractivity contribution in [3.63, 3.8) is 0 Å². The minimum absolute atomic E-state index is 0.794. The van der Waals surface area contributed by atoms with Crippen molar-refractivity contribution < 1.29 is 4.42 Å². The molecule has 1 aromatic rings. The van der Waals surface area contributed by atoms with Crippen LogP contribution >= 0.6 is 0 Å². The van der Waals surface area contributed by atoms with E-state index in [-0.39, 0.29) is 0 Å². The molecule has 0 unspecified atom stereocenters. The summed E-state index contributed by atoms with van der Waals surface area (Å²) in [5.74, 6) is 0.971. The quantitative estimate of drug-likeness (QED) is 0.678. The lowest BCUT2D eigenvalue weighted by molar-refractivity contribution is 0.482. The maximum absolute atomic E-state index is 5.27. The van der Waals surface area contributed by atoms with E-state index in [0.717, 1.165) is 30.8 Å². The van der Waals surface area contributed by atoms with Crippen molar-refractivity contribution in [2.45, 2.75) is 19.9 Å². The van der Waals surface area contributed by atoms with Crippen LogP contribution < -0.4 is 5.32 Å². The summed E-state index contributed by atoms with van der Waals surface area (Å²) in [7, 11) is 0. The van der Waals surface area contributed by atoms with Gasteiger partial charge in [0.2, 0.25) is 0 Å². The summed E-state index contributed by atoms with van der Waals surface area (Å²) >= 11 is 0. The molecular weight excluding hydrogens is 150 g/mol. The highest BCUT2D eigenvalue weighted by molar-refractivity contribution is 5.48. The van der Waals surface area contributed by atoms with Crippen LogP contribution in [-0.4, -0.2) is 6.54 Å². The van der Waals surface area contributed by atoms with E-state index in [1.807, 2.05) is 12.1 Å². The van der Waals surface area contributed by atoms with Gasteiger partial charge in [0, 0.05) is 5.56 Å². The Morgan fingerprint density at radius 1 is 1.67 bits per heavy atom. The van der Waals surface area contributed by atoms with Crippen LogP contribution in [0.15, 0.2) is 23.3 Å². The Balaban J connectivity index is 2.45. The second kappa shape index (κ2) is 4.78. The summed E-state index contributed by atoms with van der Waals surface area (Å²) < 4.78 is 5.27. The maximum atomic E-state index is 5.27. The fourth-order valence-electron chi connectivity index (χ4n) is 1.05. The molecule has 0 radical (unpaired) electrons. The van der Waals surface area contributed by atoms with Crippen LogP contribution in [0.1, 0.15) is 24.7 Å². The molecule has 1 heterocycles. The molecule has 0 aliphatic rings. The first-order chi connectivity index (χ1) is 5.88. The molecule has 0 amide bonds. The van der Waals surface area contributed by atoms with Gasteiger partial charge in [-0.05, 0) is 19.0 Å². The highest BCUT2D eigenvalue weighted by Crippen LogP contribution is 2.10. The smallest absolute Gasteiger partial charge is 0.124 e. The van der Waals surface area contributed by atoms with Gasteiger partial charge in [-0.3, -0.25) is 0 Å². The van der Waals surface area contributed by atoms with Crippen molar-refractivity contribution in [1.82, 2.24) is 5.32 Å². The lowest BCUT2D eigenvalue weighted by Crippen LogP contribution is -2.13. The number of hydrogen-bond donors (Lipinski definition) is 1. The van der Waals surface area contributed by atoms with Gasteiger partial charge in [-0.15, -0.1) is 0 Å². The molecule has 1 N–H and O–H groups in total. The average molecular weight is 165 g/mol. The Kier molecular flexibility index (Phi) is 3.61. The van der Waals surface area contributed by atoms with E-state index in [2.05, 4.69) is 18.8 Å². The zero-order valence-electron chi connectivity index (χ0n) is 7.47. The zero-order valence-corrected chi connectivity index (χ0v) is 7.47. The van der Waals surface area contributed by atoms with Gasteiger partial charge < -0.3 is 9.73 Å². The molecule has 2 nitrogen and oxygen atoms in total. The van der Waals surface area contributed by atoms with Crippen LogP contribution in [0.5, 0.6) is 0 Å². The Morgan fingerprint density at radius 3 is 3.17 bits per heavy atom. The third-order valence-electron chi connectivity index (χ3n) is 1.71. The molecule has 0 saturated carbocycles. The second-order valence-corrected chi connectivity index (χ2v) is 2.68. The third kappa shape index (κ3) is 2.24. The Hall–Kier alpha value is -1.02. The molecule has 0 fully saturated rings. The van der Waals surface area contributed by atoms with E-state index < -0.39 is 0 Å². The van der Waals surface area contributed by atoms with E-state index in [4.69, 9.17) is 4.42 Å². The zero-order chi connectivity index (χ0) is 8.81. The molecule has 12 heavy (non-hydrogen) atoms. The highest BCUT2D eigenvalue weighted by Gasteiger charge is 2.00. The van der Waals surface area contributed by atoms with Gasteiger partial charge in [-0.25, -0.2) is 0 Å². The summed E-state index contributed by atoms with van der Waals surface area (Å²) in [4.78, 5) is 0. The highest BCUT2D eigenvalue weighted by atomic mass is 16.3. The fraction of sp³-hybridized carbons (Fsp3) is 0.400. The van der Waals surface area contributed by atoms with E-state index in [1.165, 1.54) is 0 Å². The molecule has 2 heteroatoms. The molecule has 0 aromatic carbocycles. The molecule has 1 aromatic heterocycles. The second-order valence-electron chi connectivity index (χ2n) is 2.68. The minimum atomic E-state index is 0.794. The SMILES string of the molecule is C=Cc1ccoc1CNCCC. The summed E-state index contributed by atoms with van der Waals surface area (Å²) in [5.41, 5.74) is 1.08. The van der Waals surface area contributed by atoms with Gasteiger partial charge in [0.25, 0.3) is 0 Å². The molecule has 0 bridgehead atoms. The van der Waals surface area contributed by atoms with Crippen molar-refractivity contribution in [3.8, 4) is 0 Å². The van der Waals surface area contributed by atoms with E-state index in [9.17, 15) is 0 Å². The van der Waals surface area contributed by atoms with Crippen LogP contribution in [0.2, 0.25) is 0 Å². The van der Waals surface area contributed by atoms with Crippen LogP contribution in [0.3, 0.4) is 0 Å². The van der Waals surface area contributed by atoms with E-state index >= 15 is 0 Å². The van der Waals surface area contributed by atoms with E-state index in [1.54, 1.807) is 6.26 Å². The van der Waals surface area contributed by atoms with Gasteiger partial charge in [0.05, 0.1) is 12.8 Å². The first kappa shape index (κ1) is 9.07. The normalized spacial score (nSPS) is 10.1. The van der Waals surface area contributed by atoms with Crippen LogP contribution in [0.25, 0.3) is 6.08 Å². The summed E-state index contributed by atoms with van der Waals surface area (Å²) in [6.07, 6.45) is 4.65. The number of hydrogen-bond acceptors (Lipinski definition) is 2. The largest absolute Gasteiger partial charge is 0.467 e.